The van der Waals surface area contributed by atoms with Gasteiger partial charge in [-0.15, -0.1) is 0 Å². The summed E-state index contributed by atoms with van der Waals surface area (Å²) in [5.74, 6) is -0.331. The number of hydrogen-bond acceptors (Lipinski definition) is 6. The quantitative estimate of drug-likeness (QED) is 0.279. The molecule has 0 unspecified atom stereocenters. The van der Waals surface area contributed by atoms with Crippen molar-refractivity contribution in [3.63, 3.8) is 0 Å². The van der Waals surface area contributed by atoms with Gasteiger partial charge in [-0.05, 0) is 63.5 Å². The second-order valence-electron chi connectivity index (χ2n) is 12.9. The van der Waals surface area contributed by atoms with E-state index in [1.807, 2.05) is 20.8 Å². The number of nitrogens with one attached hydrogen (secondary N) is 1. The third-order valence-electron chi connectivity index (χ3n) is 6.70. The number of hydrogen-bond donors (Lipinski definition) is 1. The number of rotatable bonds is 10. The predicted octanol–water partition coefficient (Wildman–Crippen LogP) is 6.25. The number of amides is 1. The van der Waals surface area contributed by atoms with Crippen LogP contribution in [0.15, 0.2) is 0 Å². The van der Waals surface area contributed by atoms with E-state index >= 15 is 0 Å². The summed E-state index contributed by atoms with van der Waals surface area (Å²) in [6, 6.07) is -0.460. The Hall–Kier alpha value is -0.906. The van der Waals surface area contributed by atoms with Crippen LogP contribution in [-0.2, 0) is 23.1 Å². The van der Waals surface area contributed by atoms with Crippen LogP contribution in [-0.4, -0.2) is 60.2 Å². The van der Waals surface area contributed by atoms with Crippen molar-refractivity contribution in [1.82, 2.24) is 5.32 Å². The molecule has 0 heterocycles. The van der Waals surface area contributed by atoms with E-state index in [1.165, 1.54) is 7.11 Å². The highest BCUT2D eigenvalue weighted by Crippen LogP contribution is 2.39. The van der Waals surface area contributed by atoms with Crippen LogP contribution in [0, 0.1) is 0 Å². The van der Waals surface area contributed by atoms with E-state index in [2.05, 4.69) is 73.0 Å². The number of carbonyl (C=O) groups is 2. The van der Waals surface area contributed by atoms with Gasteiger partial charge in [0.15, 0.2) is 16.6 Å². The summed E-state index contributed by atoms with van der Waals surface area (Å²) in [7, 11) is -2.91. The van der Waals surface area contributed by atoms with Crippen molar-refractivity contribution >= 4 is 28.7 Å². The molecule has 2 atom stereocenters. The normalized spacial score (nSPS) is 15.6. The van der Waals surface area contributed by atoms with Crippen LogP contribution in [0.1, 0.15) is 75.2 Å². The Kier molecular flexibility index (Phi) is 11.4. The van der Waals surface area contributed by atoms with Gasteiger partial charge in [0.2, 0.25) is 0 Å². The van der Waals surface area contributed by atoms with Crippen molar-refractivity contribution in [1.29, 1.82) is 0 Å². The molecule has 0 fully saturated rings. The highest BCUT2D eigenvalue weighted by atomic mass is 28.4. The van der Waals surface area contributed by atoms with Crippen LogP contribution < -0.4 is 5.32 Å². The smallest absolute Gasteiger partial charge is 0.407 e. The van der Waals surface area contributed by atoms with Crippen LogP contribution >= 0.6 is 0 Å². The number of ether oxygens (including phenoxy) is 2. The van der Waals surface area contributed by atoms with Crippen LogP contribution in [0.2, 0.25) is 36.3 Å². The molecule has 0 aromatic heterocycles. The van der Waals surface area contributed by atoms with Gasteiger partial charge in [0, 0.05) is 6.42 Å². The number of methoxy groups -OCH3 is 1. The fraction of sp³-hybridized carbons (Fsp3) is 0.917. The fourth-order valence-electron chi connectivity index (χ4n) is 2.48. The van der Waals surface area contributed by atoms with Crippen LogP contribution in [0.3, 0.4) is 0 Å². The van der Waals surface area contributed by atoms with Crippen molar-refractivity contribution < 1.29 is 27.9 Å². The summed E-state index contributed by atoms with van der Waals surface area (Å²) in [4.78, 5) is 24.6. The maximum absolute atomic E-state index is 12.7. The monoisotopic (exact) mass is 505 g/mol. The second kappa shape index (κ2) is 11.7. The van der Waals surface area contributed by atoms with Crippen LogP contribution in [0.25, 0.3) is 0 Å². The Morgan fingerprint density at radius 3 is 1.73 bits per heavy atom. The van der Waals surface area contributed by atoms with Crippen molar-refractivity contribution in [2.75, 3.05) is 13.7 Å². The maximum Gasteiger partial charge on any atom is 0.407 e. The molecule has 0 radical (unpaired) electrons. The molecule has 196 valence electrons. The lowest BCUT2D eigenvalue weighted by Crippen LogP contribution is -2.55. The minimum Gasteiger partial charge on any atom is -0.469 e. The first-order chi connectivity index (χ1) is 14.5. The number of carbonyl (C=O) groups excluding carboxylic acids is 2. The number of esters is 1. The summed E-state index contributed by atoms with van der Waals surface area (Å²) < 4.78 is 23.7. The molecule has 0 aromatic carbocycles. The van der Waals surface area contributed by atoms with E-state index in [0.29, 0.717) is 13.0 Å². The third kappa shape index (κ3) is 11.4. The van der Waals surface area contributed by atoms with Gasteiger partial charge in [0.05, 0.1) is 25.9 Å². The molecular weight excluding hydrogens is 454 g/mol. The summed E-state index contributed by atoms with van der Waals surface area (Å²) in [6.07, 6.45) is -0.425. The molecule has 9 heteroatoms. The lowest BCUT2D eigenvalue weighted by atomic mass is 10.1. The van der Waals surface area contributed by atoms with E-state index < -0.39 is 40.5 Å². The minimum absolute atomic E-state index is 0.0267. The lowest BCUT2D eigenvalue weighted by molar-refractivity contribution is -0.141. The highest BCUT2D eigenvalue weighted by molar-refractivity contribution is 6.74. The van der Waals surface area contributed by atoms with Crippen molar-refractivity contribution in [3.05, 3.63) is 0 Å². The molecule has 0 saturated carbocycles. The number of alkyl carbamates (subject to hydrolysis) is 1. The Morgan fingerprint density at radius 2 is 1.33 bits per heavy atom. The molecule has 0 aromatic rings. The highest BCUT2D eigenvalue weighted by Gasteiger charge is 2.43. The molecule has 7 nitrogen and oxygen atoms in total. The molecule has 0 spiro atoms. The molecule has 1 N–H and O–H groups in total. The molecule has 0 bridgehead atoms. The van der Waals surface area contributed by atoms with Crippen molar-refractivity contribution in [2.24, 2.45) is 0 Å². The van der Waals surface area contributed by atoms with Gasteiger partial charge in [-0.3, -0.25) is 4.79 Å². The lowest BCUT2D eigenvalue weighted by Gasteiger charge is -2.43. The van der Waals surface area contributed by atoms with Gasteiger partial charge in [0.1, 0.15) is 5.60 Å². The Bertz CT molecular complexity index is 645. The Labute approximate surface area is 204 Å². The van der Waals surface area contributed by atoms with E-state index in [4.69, 9.17) is 18.3 Å². The zero-order valence-electron chi connectivity index (χ0n) is 23.7. The van der Waals surface area contributed by atoms with E-state index in [-0.39, 0.29) is 22.5 Å². The topological polar surface area (TPSA) is 83.1 Å². The average Bonchev–Trinajstić information content (AvgIpc) is 2.58. The van der Waals surface area contributed by atoms with E-state index in [1.54, 1.807) is 0 Å². The summed E-state index contributed by atoms with van der Waals surface area (Å²) in [5, 5.41) is 2.98. The first-order valence-corrected chi connectivity index (χ1v) is 17.7. The zero-order chi connectivity index (χ0) is 26.5. The van der Waals surface area contributed by atoms with Crippen LogP contribution in [0.4, 0.5) is 4.79 Å². The molecular formula is C24H51NO6Si2. The summed E-state index contributed by atoms with van der Waals surface area (Å²) in [5.41, 5.74) is -0.635. The zero-order valence-corrected chi connectivity index (χ0v) is 25.7. The minimum atomic E-state index is -2.21. The summed E-state index contributed by atoms with van der Waals surface area (Å²) >= 11 is 0. The SMILES string of the molecule is COC(=O)CC[C@H](NC(=O)OC(C)(C)C)[C@@H](CO[Si](C)(C)C(C)(C)C)O[Si](C)(C)C(C)(C)C. The first kappa shape index (κ1) is 32.1. The Balaban J connectivity index is 6.02. The maximum atomic E-state index is 12.7. The second-order valence-corrected chi connectivity index (χ2v) is 22.4. The predicted molar refractivity (Wildman–Crippen MR) is 140 cm³/mol. The molecule has 0 saturated heterocycles. The molecule has 33 heavy (non-hydrogen) atoms. The standard InChI is InChI=1S/C24H51NO6Si2/c1-22(2,3)30-21(27)25-18(15-16-20(26)28-10)19(31-33(13,14)24(7,8)9)17-29-32(11,12)23(4,5)6/h18-19H,15-17H2,1-14H3,(H,25,27)/t18-,19+/m0/s1. The molecule has 0 aliphatic heterocycles. The van der Waals surface area contributed by atoms with E-state index in [0.717, 1.165) is 0 Å². The molecule has 0 aliphatic rings. The van der Waals surface area contributed by atoms with Crippen LogP contribution in [0.5, 0.6) is 0 Å². The van der Waals surface area contributed by atoms with E-state index in [9.17, 15) is 9.59 Å². The van der Waals surface area contributed by atoms with Gasteiger partial charge >= 0.3 is 12.1 Å². The van der Waals surface area contributed by atoms with Gasteiger partial charge in [-0.25, -0.2) is 4.79 Å². The third-order valence-corrected chi connectivity index (χ3v) is 15.7. The van der Waals surface area contributed by atoms with Crippen molar-refractivity contribution in [2.45, 2.75) is 129 Å². The fourth-order valence-corrected chi connectivity index (χ4v) is 4.84. The first-order valence-electron chi connectivity index (χ1n) is 11.9. The largest absolute Gasteiger partial charge is 0.469 e. The van der Waals surface area contributed by atoms with Gasteiger partial charge < -0.3 is 23.6 Å². The average molecular weight is 506 g/mol. The molecule has 0 aliphatic carbocycles. The summed E-state index contributed by atoms with van der Waals surface area (Å²) in [6.45, 7) is 27.6. The van der Waals surface area contributed by atoms with Gasteiger partial charge in [-0.2, -0.15) is 0 Å². The van der Waals surface area contributed by atoms with Crippen molar-refractivity contribution in [3.8, 4) is 0 Å². The Morgan fingerprint density at radius 1 is 0.848 bits per heavy atom. The van der Waals surface area contributed by atoms with Gasteiger partial charge in [-0.1, -0.05) is 41.5 Å². The van der Waals surface area contributed by atoms with Gasteiger partial charge in [0.25, 0.3) is 0 Å². The molecule has 0 rings (SSSR count). The molecule has 1 amide bonds.